The first kappa shape index (κ1) is 29.2. The van der Waals surface area contributed by atoms with Crippen molar-refractivity contribution in [3.05, 3.63) is 114 Å². The van der Waals surface area contributed by atoms with Crippen LogP contribution in [-0.4, -0.2) is 38.1 Å². The fourth-order valence-electron chi connectivity index (χ4n) is 4.82. The summed E-state index contributed by atoms with van der Waals surface area (Å²) in [6, 6.07) is 20.2. The van der Waals surface area contributed by atoms with Crippen LogP contribution < -0.4 is 29.1 Å². The van der Waals surface area contributed by atoms with Crippen LogP contribution in [0.3, 0.4) is 0 Å². The van der Waals surface area contributed by atoms with Crippen LogP contribution in [0.1, 0.15) is 29.7 Å². The fraction of sp³-hybridized carbons (Fsp3) is 0.219. The maximum absolute atomic E-state index is 14.0. The van der Waals surface area contributed by atoms with Crippen molar-refractivity contribution >= 4 is 35.1 Å². The van der Waals surface area contributed by atoms with Crippen molar-refractivity contribution < 1.29 is 23.7 Å². The topological polar surface area (TPSA) is 88.4 Å². The number of fused-ring (bicyclic) bond motifs is 1. The molecule has 1 unspecified atom stereocenters. The van der Waals surface area contributed by atoms with Gasteiger partial charge in [-0.1, -0.05) is 53.8 Å². The largest absolute Gasteiger partial charge is 0.493 e. The first-order valence-electron chi connectivity index (χ1n) is 13.1. The SMILES string of the molecule is COc1cc(C=c2sc3n(c2=O)C(c2ccc(SC)cc2)C(C(=O)OCc2ccccc2)=C(C)N=3)cc(OC)c1OC. The molecule has 5 rings (SSSR count). The number of thioether (sulfide) groups is 1. The summed E-state index contributed by atoms with van der Waals surface area (Å²) in [6.07, 6.45) is 3.76. The van der Waals surface area contributed by atoms with E-state index in [9.17, 15) is 9.59 Å². The minimum absolute atomic E-state index is 0.111. The normalized spacial score (nSPS) is 14.7. The number of methoxy groups -OCH3 is 3. The monoisotopic (exact) mass is 602 g/mol. The molecule has 0 saturated carbocycles. The van der Waals surface area contributed by atoms with Gasteiger partial charge in [0.15, 0.2) is 16.3 Å². The number of esters is 1. The molecule has 8 nitrogen and oxygen atoms in total. The number of carbonyl (C=O) groups excluding carboxylic acids is 1. The van der Waals surface area contributed by atoms with E-state index in [0.717, 1.165) is 16.0 Å². The minimum Gasteiger partial charge on any atom is -0.493 e. The number of allylic oxidation sites excluding steroid dienone is 1. The van der Waals surface area contributed by atoms with Gasteiger partial charge in [0.05, 0.1) is 43.2 Å². The number of hydrogen-bond donors (Lipinski definition) is 0. The van der Waals surface area contributed by atoms with E-state index < -0.39 is 12.0 Å². The lowest BCUT2D eigenvalue weighted by atomic mass is 9.96. The number of thiazole rings is 1. The third-order valence-corrected chi connectivity index (χ3v) is 8.60. The van der Waals surface area contributed by atoms with Gasteiger partial charge in [-0.2, -0.15) is 0 Å². The summed E-state index contributed by atoms with van der Waals surface area (Å²) in [5.41, 5.74) is 2.91. The molecule has 0 amide bonds. The minimum atomic E-state index is -0.706. The molecule has 1 aliphatic heterocycles. The second-order valence-electron chi connectivity index (χ2n) is 9.38. The molecule has 10 heteroatoms. The van der Waals surface area contributed by atoms with Crippen LogP contribution >= 0.6 is 23.1 Å². The first-order chi connectivity index (χ1) is 20.4. The Bertz CT molecular complexity index is 1800. The van der Waals surface area contributed by atoms with Gasteiger partial charge in [0.1, 0.15) is 6.61 Å². The molecule has 42 heavy (non-hydrogen) atoms. The first-order valence-corrected chi connectivity index (χ1v) is 15.1. The van der Waals surface area contributed by atoms with Gasteiger partial charge >= 0.3 is 5.97 Å². The molecule has 1 aliphatic rings. The van der Waals surface area contributed by atoms with E-state index in [4.69, 9.17) is 23.9 Å². The van der Waals surface area contributed by atoms with Crippen molar-refractivity contribution in [2.45, 2.75) is 24.5 Å². The van der Waals surface area contributed by atoms with Crippen LogP contribution in [0.4, 0.5) is 0 Å². The lowest BCUT2D eigenvalue weighted by Crippen LogP contribution is -2.39. The number of rotatable bonds is 9. The average Bonchev–Trinajstić information content (AvgIpc) is 3.32. The summed E-state index contributed by atoms with van der Waals surface area (Å²) in [4.78, 5) is 33.9. The highest BCUT2D eigenvalue weighted by Gasteiger charge is 2.33. The van der Waals surface area contributed by atoms with Crippen molar-refractivity contribution in [2.24, 2.45) is 4.99 Å². The van der Waals surface area contributed by atoms with Crippen LogP contribution in [0.5, 0.6) is 17.2 Å². The van der Waals surface area contributed by atoms with Gasteiger partial charge in [-0.25, -0.2) is 9.79 Å². The van der Waals surface area contributed by atoms with Gasteiger partial charge in [0.2, 0.25) is 5.75 Å². The standard InChI is InChI=1S/C32H30N2O6S2/c1-19-27(31(36)40-18-20-9-7-6-8-10-20)28(22-11-13-23(41-5)14-12-22)34-30(35)26(42-32(34)33-19)17-21-15-24(37-2)29(39-4)25(16-21)38-3/h6-17,28H,18H2,1-5H3. The van der Waals surface area contributed by atoms with E-state index in [0.29, 0.717) is 43.4 Å². The molecule has 0 bridgehead atoms. The fourth-order valence-corrected chi connectivity index (χ4v) is 6.28. The molecule has 0 aliphatic carbocycles. The van der Waals surface area contributed by atoms with E-state index in [2.05, 4.69) is 0 Å². The second kappa shape index (κ2) is 12.7. The number of hydrogen-bond acceptors (Lipinski definition) is 9. The average molecular weight is 603 g/mol. The van der Waals surface area contributed by atoms with E-state index in [1.807, 2.05) is 60.9 Å². The van der Waals surface area contributed by atoms with E-state index >= 15 is 0 Å². The predicted octanol–water partition coefficient (Wildman–Crippen LogP) is 4.73. The Morgan fingerprint density at radius 3 is 2.26 bits per heavy atom. The predicted molar refractivity (Wildman–Crippen MR) is 164 cm³/mol. The number of benzene rings is 3. The van der Waals surface area contributed by atoms with Crippen LogP contribution in [0.25, 0.3) is 6.08 Å². The van der Waals surface area contributed by atoms with Gasteiger partial charge in [0.25, 0.3) is 5.56 Å². The second-order valence-corrected chi connectivity index (χ2v) is 11.3. The summed E-state index contributed by atoms with van der Waals surface area (Å²) >= 11 is 2.87. The van der Waals surface area contributed by atoms with Crippen molar-refractivity contribution in [2.75, 3.05) is 27.6 Å². The Kier molecular flexibility index (Phi) is 8.84. The molecule has 0 radical (unpaired) electrons. The maximum Gasteiger partial charge on any atom is 0.338 e. The molecule has 0 saturated heterocycles. The van der Waals surface area contributed by atoms with E-state index in [1.165, 1.54) is 18.4 Å². The summed E-state index contributed by atoms with van der Waals surface area (Å²) in [5, 5.41) is 0. The molecule has 4 aromatic rings. The van der Waals surface area contributed by atoms with Crippen LogP contribution in [0.15, 0.2) is 92.7 Å². The summed E-state index contributed by atoms with van der Waals surface area (Å²) in [5.74, 6) is 0.892. The highest BCUT2D eigenvalue weighted by molar-refractivity contribution is 7.98. The van der Waals surface area contributed by atoms with Crippen molar-refractivity contribution in [3.8, 4) is 17.2 Å². The van der Waals surface area contributed by atoms with Crippen molar-refractivity contribution in [3.63, 3.8) is 0 Å². The lowest BCUT2D eigenvalue weighted by molar-refractivity contribution is -0.140. The molecule has 0 fully saturated rings. The maximum atomic E-state index is 14.0. The molecule has 0 spiro atoms. The van der Waals surface area contributed by atoms with Gasteiger partial charge < -0.3 is 18.9 Å². The Balaban J connectivity index is 1.63. The third kappa shape index (κ3) is 5.73. The smallest absolute Gasteiger partial charge is 0.338 e. The Hall–Kier alpha value is -4.28. The molecular weight excluding hydrogens is 572 g/mol. The van der Waals surface area contributed by atoms with Crippen LogP contribution in [0.2, 0.25) is 0 Å². The summed E-state index contributed by atoms with van der Waals surface area (Å²) < 4.78 is 24.2. The van der Waals surface area contributed by atoms with Gasteiger partial charge in [-0.05, 0) is 60.2 Å². The Morgan fingerprint density at radius 2 is 1.67 bits per heavy atom. The molecule has 1 aromatic heterocycles. The van der Waals surface area contributed by atoms with Crippen molar-refractivity contribution in [1.82, 2.24) is 4.57 Å². The molecule has 216 valence electrons. The van der Waals surface area contributed by atoms with Gasteiger partial charge in [-0.15, -0.1) is 11.8 Å². The molecule has 1 atom stereocenters. The van der Waals surface area contributed by atoms with Crippen molar-refractivity contribution in [1.29, 1.82) is 0 Å². The van der Waals surface area contributed by atoms with Gasteiger partial charge in [-0.3, -0.25) is 9.36 Å². The number of aromatic nitrogens is 1. The van der Waals surface area contributed by atoms with Crippen LogP contribution in [0, 0.1) is 0 Å². The molecule has 3 aromatic carbocycles. The number of ether oxygens (including phenoxy) is 4. The molecular formula is C32H30N2O6S2. The molecule has 2 heterocycles. The van der Waals surface area contributed by atoms with E-state index in [1.54, 1.807) is 55.7 Å². The Morgan fingerprint density at radius 1 is 1.00 bits per heavy atom. The lowest BCUT2D eigenvalue weighted by Gasteiger charge is -2.25. The zero-order valence-corrected chi connectivity index (χ0v) is 25.5. The number of carbonyl (C=O) groups is 1. The quantitative estimate of drug-likeness (QED) is 0.202. The highest BCUT2D eigenvalue weighted by atomic mass is 32.2. The summed E-state index contributed by atoms with van der Waals surface area (Å²) in [6.45, 7) is 1.89. The summed E-state index contributed by atoms with van der Waals surface area (Å²) in [7, 11) is 4.62. The van der Waals surface area contributed by atoms with E-state index in [-0.39, 0.29) is 12.2 Å². The zero-order chi connectivity index (χ0) is 29.8. The van der Waals surface area contributed by atoms with Crippen LogP contribution in [-0.2, 0) is 16.1 Å². The zero-order valence-electron chi connectivity index (χ0n) is 23.9. The highest BCUT2D eigenvalue weighted by Crippen LogP contribution is 2.38. The Labute approximate surface area is 251 Å². The number of nitrogens with zero attached hydrogens (tertiary/aromatic N) is 2. The van der Waals surface area contributed by atoms with Gasteiger partial charge in [0, 0.05) is 4.90 Å². The third-order valence-electron chi connectivity index (χ3n) is 6.87. The molecule has 0 N–H and O–H groups in total.